The van der Waals surface area contributed by atoms with E-state index in [1.807, 2.05) is 19.1 Å². The number of nitrogens with two attached hydrogens (primary N) is 1. The standard InChI is InChI=1S/C14H18ClN3OS/c1-8-5-6-9(7-11(8)15)17-14(19)18-12-4-2-3-10(12)13(16)20/h5-7,10,12H,2-4H2,1H3,(H2,16,20)(H2,17,18,19). The zero-order valence-electron chi connectivity index (χ0n) is 11.3. The molecule has 1 fully saturated rings. The third-order valence-corrected chi connectivity index (χ3v) is 4.34. The van der Waals surface area contributed by atoms with E-state index in [4.69, 9.17) is 29.6 Å². The highest BCUT2D eigenvalue weighted by Crippen LogP contribution is 2.26. The Bertz CT molecular complexity index is 535. The molecule has 1 aromatic carbocycles. The lowest BCUT2D eigenvalue weighted by Gasteiger charge is -2.20. The summed E-state index contributed by atoms with van der Waals surface area (Å²) in [6.07, 6.45) is 2.88. The number of hydrogen-bond acceptors (Lipinski definition) is 2. The van der Waals surface area contributed by atoms with E-state index in [9.17, 15) is 4.79 Å². The fourth-order valence-corrected chi connectivity index (χ4v) is 2.94. The quantitative estimate of drug-likeness (QED) is 0.751. The molecule has 1 saturated carbocycles. The van der Waals surface area contributed by atoms with Crippen LogP contribution in [0.15, 0.2) is 18.2 Å². The van der Waals surface area contributed by atoms with E-state index >= 15 is 0 Å². The molecule has 0 aromatic heterocycles. The van der Waals surface area contributed by atoms with Crippen molar-refractivity contribution < 1.29 is 4.79 Å². The zero-order valence-corrected chi connectivity index (χ0v) is 12.9. The van der Waals surface area contributed by atoms with Gasteiger partial charge in [0.15, 0.2) is 0 Å². The number of rotatable bonds is 3. The Morgan fingerprint density at radius 1 is 1.45 bits per heavy atom. The molecule has 2 amide bonds. The summed E-state index contributed by atoms with van der Waals surface area (Å²) in [4.78, 5) is 12.5. The molecule has 0 saturated heterocycles. The number of amides is 2. The first-order chi connectivity index (χ1) is 9.47. The highest BCUT2D eigenvalue weighted by atomic mass is 35.5. The Morgan fingerprint density at radius 2 is 2.20 bits per heavy atom. The van der Waals surface area contributed by atoms with Crippen molar-refractivity contribution in [3.63, 3.8) is 0 Å². The second-order valence-corrected chi connectivity index (χ2v) is 5.99. The molecule has 2 unspecified atom stereocenters. The number of carbonyl (C=O) groups excluding carboxylic acids is 1. The van der Waals surface area contributed by atoms with Crippen molar-refractivity contribution in [2.24, 2.45) is 11.7 Å². The van der Waals surface area contributed by atoms with Gasteiger partial charge in [0.1, 0.15) is 0 Å². The van der Waals surface area contributed by atoms with Gasteiger partial charge in [-0.1, -0.05) is 36.3 Å². The van der Waals surface area contributed by atoms with Crippen molar-refractivity contribution in [2.45, 2.75) is 32.2 Å². The summed E-state index contributed by atoms with van der Waals surface area (Å²) in [5.74, 6) is 0.0948. The van der Waals surface area contributed by atoms with Gasteiger partial charge in [-0.3, -0.25) is 0 Å². The van der Waals surface area contributed by atoms with Crippen LogP contribution in [-0.4, -0.2) is 17.1 Å². The van der Waals surface area contributed by atoms with Crippen LogP contribution in [0.25, 0.3) is 0 Å². The summed E-state index contributed by atoms with van der Waals surface area (Å²) in [7, 11) is 0. The summed E-state index contributed by atoms with van der Waals surface area (Å²) in [5, 5.41) is 6.34. The molecule has 4 N–H and O–H groups in total. The van der Waals surface area contributed by atoms with Crippen LogP contribution >= 0.6 is 23.8 Å². The minimum Gasteiger partial charge on any atom is -0.393 e. The van der Waals surface area contributed by atoms with Crippen molar-refractivity contribution in [3.05, 3.63) is 28.8 Å². The van der Waals surface area contributed by atoms with Gasteiger partial charge < -0.3 is 16.4 Å². The highest BCUT2D eigenvalue weighted by molar-refractivity contribution is 7.80. The van der Waals surface area contributed by atoms with Gasteiger partial charge in [-0.25, -0.2) is 4.79 Å². The summed E-state index contributed by atoms with van der Waals surface area (Å²) in [6, 6.07) is 5.19. The third kappa shape index (κ3) is 3.61. The van der Waals surface area contributed by atoms with Gasteiger partial charge in [-0.2, -0.15) is 0 Å². The van der Waals surface area contributed by atoms with Crippen molar-refractivity contribution >= 4 is 40.5 Å². The van der Waals surface area contributed by atoms with Crippen molar-refractivity contribution in [3.8, 4) is 0 Å². The number of hydrogen-bond donors (Lipinski definition) is 3. The maximum atomic E-state index is 12.0. The number of nitrogens with one attached hydrogen (secondary N) is 2. The molecule has 0 bridgehead atoms. The van der Waals surface area contributed by atoms with E-state index in [2.05, 4.69) is 10.6 Å². The summed E-state index contributed by atoms with van der Waals surface area (Å²) >= 11 is 11.1. The molecular weight excluding hydrogens is 294 g/mol. The molecule has 6 heteroatoms. The zero-order chi connectivity index (χ0) is 14.7. The normalized spacial score (nSPS) is 21.5. The number of benzene rings is 1. The van der Waals surface area contributed by atoms with Gasteiger partial charge in [0.2, 0.25) is 0 Å². The van der Waals surface area contributed by atoms with Gasteiger partial charge in [0, 0.05) is 22.7 Å². The molecule has 1 aliphatic rings. The Morgan fingerprint density at radius 3 is 2.85 bits per heavy atom. The lowest BCUT2D eigenvalue weighted by molar-refractivity contribution is 0.247. The Kier molecular flexibility index (Phi) is 4.83. The van der Waals surface area contributed by atoms with E-state index in [0.29, 0.717) is 15.7 Å². The van der Waals surface area contributed by atoms with E-state index in [1.165, 1.54) is 0 Å². The van der Waals surface area contributed by atoms with E-state index in [-0.39, 0.29) is 18.0 Å². The number of halogens is 1. The topological polar surface area (TPSA) is 67.2 Å². The molecule has 2 atom stereocenters. The monoisotopic (exact) mass is 311 g/mol. The maximum Gasteiger partial charge on any atom is 0.319 e. The molecule has 4 nitrogen and oxygen atoms in total. The fraction of sp³-hybridized carbons (Fsp3) is 0.429. The summed E-state index contributed by atoms with van der Waals surface area (Å²) < 4.78 is 0. The number of aryl methyl sites for hydroxylation is 1. The minimum atomic E-state index is -0.252. The molecule has 108 valence electrons. The number of anilines is 1. The molecule has 0 heterocycles. The van der Waals surface area contributed by atoms with Gasteiger partial charge in [-0.15, -0.1) is 0 Å². The van der Waals surface area contributed by atoms with Crippen molar-refractivity contribution in [2.75, 3.05) is 5.32 Å². The van der Waals surface area contributed by atoms with Crippen LogP contribution in [0.2, 0.25) is 5.02 Å². The first-order valence-electron chi connectivity index (χ1n) is 6.60. The average Bonchev–Trinajstić information content (AvgIpc) is 2.82. The van der Waals surface area contributed by atoms with Crippen molar-refractivity contribution in [1.29, 1.82) is 0 Å². The second kappa shape index (κ2) is 6.41. The van der Waals surface area contributed by atoms with Crippen LogP contribution in [0.4, 0.5) is 10.5 Å². The Hall–Kier alpha value is -1.33. The first-order valence-corrected chi connectivity index (χ1v) is 7.39. The molecule has 20 heavy (non-hydrogen) atoms. The molecule has 1 aromatic rings. The fourth-order valence-electron chi connectivity index (χ4n) is 2.48. The molecule has 0 aliphatic heterocycles. The molecule has 0 radical (unpaired) electrons. The van der Waals surface area contributed by atoms with Crippen LogP contribution in [0, 0.1) is 12.8 Å². The van der Waals surface area contributed by atoms with Gasteiger partial charge >= 0.3 is 6.03 Å². The van der Waals surface area contributed by atoms with Crippen LogP contribution < -0.4 is 16.4 Å². The smallest absolute Gasteiger partial charge is 0.319 e. The summed E-state index contributed by atoms with van der Waals surface area (Å²) in [6.45, 7) is 1.91. The number of carbonyl (C=O) groups is 1. The number of urea groups is 1. The SMILES string of the molecule is Cc1ccc(NC(=O)NC2CCCC2C(N)=S)cc1Cl. The van der Waals surface area contributed by atoms with E-state index in [0.717, 1.165) is 24.8 Å². The first kappa shape index (κ1) is 15.1. The van der Waals surface area contributed by atoms with Crippen LogP contribution in [-0.2, 0) is 0 Å². The molecule has 0 spiro atoms. The molecular formula is C14H18ClN3OS. The third-order valence-electron chi connectivity index (χ3n) is 3.63. The lowest BCUT2D eigenvalue weighted by Crippen LogP contribution is -2.43. The highest BCUT2D eigenvalue weighted by Gasteiger charge is 2.30. The minimum absolute atomic E-state index is 0.0217. The second-order valence-electron chi connectivity index (χ2n) is 5.11. The van der Waals surface area contributed by atoms with Crippen LogP contribution in [0.3, 0.4) is 0 Å². The number of thiocarbonyl (C=S) groups is 1. The van der Waals surface area contributed by atoms with Gasteiger partial charge in [0.25, 0.3) is 0 Å². The Balaban J connectivity index is 1.95. The van der Waals surface area contributed by atoms with Crippen LogP contribution in [0.5, 0.6) is 0 Å². The molecule has 1 aliphatic carbocycles. The van der Waals surface area contributed by atoms with Crippen LogP contribution in [0.1, 0.15) is 24.8 Å². The lowest BCUT2D eigenvalue weighted by atomic mass is 10.0. The Labute approximate surface area is 129 Å². The predicted molar refractivity (Wildman–Crippen MR) is 86.3 cm³/mol. The largest absolute Gasteiger partial charge is 0.393 e. The van der Waals surface area contributed by atoms with Gasteiger partial charge in [-0.05, 0) is 37.5 Å². The predicted octanol–water partition coefficient (Wildman–Crippen LogP) is 3.22. The van der Waals surface area contributed by atoms with E-state index in [1.54, 1.807) is 6.07 Å². The van der Waals surface area contributed by atoms with Crippen molar-refractivity contribution in [1.82, 2.24) is 5.32 Å². The van der Waals surface area contributed by atoms with Gasteiger partial charge in [0.05, 0.1) is 4.99 Å². The summed E-state index contributed by atoms with van der Waals surface area (Å²) in [5.41, 5.74) is 7.34. The van der Waals surface area contributed by atoms with E-state index < -0.39 is 0 Å². The molecule has 2 rings (SSSR count). The maximum absolute atomic E-state index is 12.0. The average molecular weight is 312 g/mol.